The molecule has 0 saturated carbocycles. The molecule has 0 fully saturated rings. The van der Waals surface area contributed by atoms with Gasteiger partial charge >= 0.3 is 0 Å². The molecule has 1 aromatic rings. The highest BCUT2D eigenvalue weighted by Crippen LogP contribution is 2.18. The molecule has 3 N–H and O–H groups in total. The van der Waals surface area contributed by atoms with Crippen molar-refractivity contribution < 1.29 is 10.2 Å². The van der Waals surface area contributed by atoms with E-state index < -0.39 is 6.10 Å². The summed E-state index contributed by atoms with van der Waals surface area (Å²) >= 11 is 6.91. The van der Waals surface area contributed by atoms with Crippen LogP contribution in [-0.4, -0.2) is 34.5 Å². The maximum atomic E-state index is 8.96. The minimum atomic E-state index is -0.757. The van der Waals surface area contributed by atoms with Gasteiger partial charge < -0.3 is 15.5 Å². The number of aromatic nitrogens is 1. The van der Waals surface area contributed by atoms with Crippen molar-refractivity contribution in [2.24, 2.45) is 0 Å². The summed E-state index contributed by atoms with van der Waals surface area (Å²) in [5.74, 6) is 0. The molecule has 1 aromatic heterocycles. The van der Waals surface area contributed by atoms with E-state index in [-0.39, 0.29) is 13.2 Å². The minimum Gasteiger partial charge on any atom is -0.394 e. The van der Waals surface area contributed by atoms with E-state index in [1.54, 1.807) is 5.38 Å². The number of aliphatic hydroxyl groups excluding tert-OH is 2. The van der Waals surface area contributed by atoms with Crippen LogP contribution in [0.4, 0.5) is 5.13 Å². The number of aliphatic hydroxyl groups is 2. The van der Waals surface area contributed by atoms with Gasteiger partial charge in [0, 0.05) is 11.9 Å². The predicted octanol–water partition coefficient (Wildman–Crippen LogP) is 0.562. The normalized spacial score (nSPS) is 12.9. The van der Waals surface area contributed by atoms with Crippen LogP contribution in [-0.2, 0) is 0 Å². The standard InChI is InChI=1S/C6H9ClN2O2S/c7-5-3-12-6(9-5)8-1-4(11)2-10/h3-4,10-11H,1-2H2,(H,8,9). The molecule has 0 aromatic carbocycles. The third-order valence-electron chi connectivity index (χ3n) is 1.18. The lowest BCUT2D eigenvalue weighted by Gasteiger charge is -2.06. The summed E-state index contributed by atoms with van der Waals surface area (Å²) in [5, 5.41) is 23.0. The van der Waals surface area contributed by atoms with Crippen molar-refractivity contribution in [1.29, 1.82) is 0 Å². The molecule has 6 heteroatoms. The Kier molecular flexibility index (Phi) is 3.74. The van der Waals surface area contributed by atoms with Gasteiger partial charge in [0.1, 0.15) is 5.15 Å². The first-order chi connectivity index (χ1) is 5.72. The molecule has 0 radical (unpaired) electrons. The summed E-state index contributed by atoms with van der Waals surface area (Å²) in [7, 11) is 0. The van der Waals surface area contributed by atoms with Crippen LogP contribution in [0.1, 0.15) is 0 Å². The Morgan fingerprint density at radius 2 is 2.50 bits per heavy atom. The Balaban J connectivity index is 2.33. The fraction of sp³-hybridized carbons (Fsp3) is 0.500. The minimum absolute atomic E-state index is 0.258. The van der Waals surface area contributed by atoms with Crippen molar-refractivity contribution in [2.45, 2.75) is 6.10 Å². The van der Waals surface area contributed by atoms with E-state index in [0.29, 0.717) is 10.3 Å². The van der Waals surface area contributed by atoms with Gasteiger partial charge in [-0.2, -0.15) is 0 Å². The number of hydrogen-bond donors (Lipinski definition) is 3. The van der Waals surface area contributed by atoms with Gasteiger partial charge in [-0.1, -0.05) is 11.6 Å². The van der Waals surface area contributed by atoms with Crippen LogP contribution in [0.3, 0.4) is 0 Å². The lowest BCUT2D eigenvalue weighted by molar-refractivity contribution is 0.105. The number of nitrogens with one attached hydrogen (secondary N) is 1. The van der Waals surface area contributed by atoms with E-state index >= 15 is 0 Å². The molecule has 1 rings (SSSR count). The molecule has 0 aliphatic carbocycles. The molecule has 0 spiro atoms. The fourth-order valence-electron chi connectivity index (χ4n) is 0.605. The summed E-state index contributed by atoms with van der Waals surface area (Å²) in [6, 6.07) is 0. The molecule has 0 bridgehead atoms. The average molecular weight is 209 g/mol. The number of halogens is 1. The maximum absolute atomic E-state index is 8.96. The van der Waals surface area contributed by atoms with Gasteiger partial charge in [-0.05, 0) is 0 Å². The molecule has 1 atom stereocenters. The number of nitrogens with zero attached hydrogens (tertiary/aromatic N) is 1. The molecule has 0 aliphatic rings. The molecule has 12 heavy (non-hydrogen) atoms. The second-order valence-corrected chi connectivity index (χ2v) is 3.44. The predicted molar refractivity (Wildman–Crippen MR) is 48.7 cm³/mol. The largest absolute Gasteiger partial charge is 0.394 e. The number of rotatable bonds is 4. The van der Waals surface area contributed by atoms with Crippen LogP contribution in [0, 0.1) is 0 Å². The third-order valence-corrected chi connectivity index (χ3v) is 2.30. The molecule has 68 valence electrons. The van der Waals surface area contributed by atoms with Gasteiger partial charge in [-0.25, -0.2) is 4.98 Å². The molecular formula is C6H9ClN2O2S. The number of anilines is 1. The summed E-state index contributed by atoms with van der Waals surface area (Å²) in [6.07, 6.45) is -0.757. The van der Waals surface area contributed by atoms with E-state index in [1.165, 1.54) is 11.3 Å². The Hall–Kier alpha value is -0.360. The first-order valence-corrected chi connectivity index (χ1v) is 4.62. The fourth-order valence-corrected chi connectivity index (χ4v) is 1.45. The van der Waals surface area contributed by atoms with E-state index in [1.807, 2.05) is 0 Å². The number of thiazole rings is 1. The lowest BCUT2D eigenvalue weighted by Crippen LogP contribution is -2.22. The second kappa shape index (κ2) is 4.61. The Morgan fingerprint density at radius 1 is 1.75 bits per heavy atom. The first kappa shape index (κ1) is 9.73. The van der Waals surface area contributed by atoms with Crippen molar-refractivity contribution >= 4 is 28.1 Å². The third kappa shape index (κ3) is 2.94. The van der Waals surface area contributed by atoms with E-state index in [0.717, 1.165) is 0 Å². The second-order valence-electron chi connectivity index (χ2n) is 2.19. The van der Waals surface area contributed by atoms with Crippen molar-refractivity contribution in [3.63, 3.8) is 0 Å². The van der Waals surface area contributed by atoms with E-state index in [4.69, 9.17) is 21.8 Å². The Bertz CT molecular complexity index is 243. The summed E-state index contributed by atoms with van der Waals surface area (Å²) in [4.78, 5) is 3.90. The summed E-state index contributed by atoms with van der Waals surface area (Å²) in [5.41, 5.74) is 0. The van der Waals surface area contributed by atoms with E-state index in [9.17, 15) is 0 Å². The van der Waals surface area contributed by atoms with Crippen molar-refractivity contribution in [2.75, 3.05) is 18.5 Å². The zero-order chi connectivity index (χ0) is 8.97. The van der Waals surface area contributed by atoms with E-state index in [2.05, 4.69) is 10.3 Å². The molecule has 0 amide bonds. The quantitative estimate of drug-likeness (QED) is 0.677. The Labute approximate surface area is 78.8 Å². The van der Waals surface area contributed by atoms with Crippen LogP contribution in [0.25, 0.3) is 0 Å². The van der Waals surface area contributed by atoms with Gasteiger partial charge in [0.25, 0.3) is 0 Å². The van der Waals surface area contributed by atoms with Gasteiger partial charge in [0.2, 0.25) is 0 Å². The molecular weight excluding hydrogens is 200 g/mol. The first-order valence-electron chi connectivity index (χ1n) is 3.36. The monoisotopic (exact) mass is 208 g/mol. The van der Waals surface area contributed by atoms with Gasteiger partial charge in [-0.15, -0.1) is 11.3 Å². The average Bonchev–Trinajstić information content (AvgIpc) is 2.47. The van der Waals surface area contributed by atoms with Crippen LogP contribution < -0.4 is 5.32 Å². The van der Waals surface area contributed by atoms with Crippen LogP contribution in [0.15, 0.2) is 5.38 Å². The van der Waals surface area contributed by atoms with Crippen molar-refractivity contribution in [3.05, 3.63) is 10.5 Å². The van der Waals surface area contributed by atoms with Crippen LogP contribution in [0.2, 0.25) is 5.15 Å². The van der Waals surface area contributed by atoms with Gasteiger partial charge in [0.15, 0.2) is 5.13 Å². The van der Waals surface area contributed by atoms with Crippen molar-refractivity contribution in [1.82, 2.24) is 4.98 Å². The molecule has 0 saturated heterocycles. The highest BCUT2D eigenvalue weighted by Gasteiger charge is 2.03. The zero-order valence-electron chi connectivity index (χ0n) is 6.20. The molecule has 4 nitrogen and oxygen atoms in total. The molecule has 1 unspecified atom stereocenters. The van der Waals surface area contributed by atoms with Gasteiger partial charge in [0.05, 0.1) is 12.7 Å². The van der Waals surface area contributed by atoms with Crippen molar-refractivity contribution in [3.8, 4) is 0 Å². The lowest BCUT2D eigenvalue weighted by atomic mass is 10.4. The summed E-state index contributed by atoms with van der Waals surface area (Å²) < 4.78 is 0. The number of hydrogen-bond acceptors (Lipinski definition) is 5. The SMILES string of the molecule is OCC(O)CNc1nc(Cl)cs1. The summed E-state index contributed by atoms with van der Waals surface area (Å²) in [6.45, 7) is 0.0203. The van der Waals surface area contributed by atoms with Crippen LogP contribution >= 0.6 is 22.9 Å². The van der Waals surface area contributed by atoms with Gasteiger partial charge in [-0.3, -0.25) is 0 Å². The maximum Gasteiger partial charge on any atom is 0.184 e. The topological polar surface area (TPSA) is 65.4 Å². The Morgan fingerprint density at radius 3 is 3.00 bits per heavy atom. The van der Waals surface area contributed by atoms with Crippen LogP contribution in [0.5, 0.6) is 0 Å². The molecule has 1 heterocycles. The smallest absolute Gasteiger partial charge is 0.184 e. The zero-order valence-corrected chi connectivity index (χ0v) is 7.77. The highest BCUT2D eigenvalue weighted by atomic mass is 35.5. The molecule has 0 aliphatic heterocycles. The highest BCUT2D eigenvalue weighted by molar-refractivity contribution is 7.14.